The van der Waals surface area contributed by atoms with Crippen LogP contribution in [0.5, 0.6) is 0 Å². The molecule has 0 saturated carbocycles. The molecule has 0 saturated heterocycles. The average Bonchev–Trinajstić information content (AvgIpc) is 3.02. The molecule has 108 valence electrons. The molecule has 0 aliphatic carbocycles. The third-order valence-electron chi connectivity index (χ3n) is 2.42. The number of aromatic nitrogens is 1. The summed E-state index contributed by atoms with van der Waals surface area (Å²) in [6.45, 7) is 1.83. The van der Waals surface area contributed by atoms with E-state index in [1.165, 1.54) is 11.3 Å². The number of nitrogens with one attached hydrogen (secondary N) is 1. The largest absolute Gasteiger partial charge is 0.461 e. The highest BCUT2D eigenvalue weighted by Crippen LogP contribution is 2.11. The number of benzene rings is 1. The van der Waals surface area contributed by atoms with Gasteiger partial charge >= 0.3 is 5.97 Å². The van der Waals surface area contributed by atoms with Gasteiger partial charge in [0.1, 0.15) is 0 Å². The number of anilines is 1. The molecular formula is C14H13N3O3S. The van der Waals surface area contributed by atoms with Crippen LogP contribution in [-0.2, 0) is 9.53 Å². The van der Waals surface area contributed by atoms with E-state index in [1.807, 2.05) is 0 Å². The topological polar surface area (TPSA) is 80.7 Å². The van der Waals surface area contributed by atoms with Gasteiger partial charge in [-0.25, -0.2) is 9.78 Å². The predicted octanol–water partition coefficient (Wildman–Crippen LogP) is 2.36. The third kappa shape index (κ3) is 3.96. The van der Waals surface area contributed by atoms with E-state index in [9.17, 15) is 9.59 Å². The molecule has 0 spiro atoms. The van der Waals surface area contributed by atoms with E-state index in [4.69, 9.17) is 4.74 Å². The number of Topliss-reactive ketones (excluding diaryl/α,β-unsaturated/α-hetero) is 1. The van der Waals surface area contributed by atoms with Gasteiger partial charge in [0.25, 0.3) is 0 Å². The van der Waals surface area contributed by atoms with E-state index in [2.05, 4.69) is 15.5 Å². The minimum absolute atomic E-state index is 0.164. The van der Waals surface area contributed by atoms with Crippen molar-refractivity contribution in [1.29, 1.82) is 0 Å². The van der Waals surface area contributed by atoms with Crippen LogP contribution in [0.4, 0.5) is 5.13 Å². The molecule has 0 aliphatic heterocycles. The maximum absolute atomic E-state index is 12.3. The molecule has 2 aromatic rings. The molecule has 0 atom stereocenters. The number of carbonyl (C=O) groups excluding carboxylic acids is 2. The van der Waals surface area contributed by atoms with Gasteiger partial charge in [-0.1, -0.05) is 30.3 Å². The Bertz CT molecular complexity index is 639. The van der Waals surface area contributed by atoms with Crippen LogP contribution < -0.4 is 5.43 Å². The Balaban J connectivity index is 2.25. The summed E-state index contributed by atoms with van der Waals surface area (Å²) in [5.74, 6) is -1.27. The van der Waals surface area contributed by atoms with Crippen molar-refractivity contribution in [2.24, 2.45) is 5.10 Å². The predicted molar refractivity (Wildman–Crippen MR) is 80.6 cm³/mol. The zero-order chi connectivity index (χ0) is 15.1. The van der Waals surface area contributed by atoms with E-state index in [-0.39, 0.29) is 12.3 Å². The van der Waals surface area contributed by atoms with Gasteiger partial charge in [0.2, 0.25) is 16.6 Å². The van der Waals surface area contributed by atoms with Crippen LogP contribution in [0.2, 0.25) is 0 Å². The highest BCUT2D eigenvalue weighted by atomic mass is 32.1. The molecule has 0 aliphatic rings. The average molecular weight is 303 g/mol. The third-order valence-corrected chi connectivity index (χ3v) is 3.09. The molecule has 0 fully saturated rings. The second-order valence-electron chi connectivity index (χ2n) is 3.83. The summed E-state index contributed by atoms with van der Waals surface area (Å²) in [4.78, 5) is 28.2. The summed E-state index contributed by atoms with van der Waals surface area (Å²) in [7, 11) is 0. The van der Waals surface area contributed by atoms with Crippen LogP contribution in [0, 0.1) is 0 Å². The maximum atomic E-state index is 12.3. The fourth-order valence-corrected chi connectivity index (χ4v) is 1.97. The van der Waals surface area contributed by atoms with Crippen LogP contribution in [-0.4, -0.2) is 29.1 Å². The van der Waals surface area contributed by atoms with Crippen molar-refractivity contribution in [3.8, 4) is 0 Å². The van der Waals surface area contributed by atoms with Gasteiger partial charge in [-0.05, 0) is 6.92 Å². The van der Waals surface area contributed by atoms with Gasteiger partial charge in [0, 0.05) is 17.1 Å². The second-order valence-corrected chi connectivity index (χ2v) is 4.72. The zero-order valence-electron chi connectivity index (χ0n) is 11.3. The van der Waals surface area contributed by atoms with Crippen molar-refractivity contribution in [2.75, 3.05) is 12.0 Å². The standard InChI is InChI=1S/C14H13N3O3S/c1-2-20-13(19)11(16-17-14-15-8-9-21-14)12(18)10-6-4-3-5-7-10/h3-9H,2H2,1H3,(H,15,17). The highest BCUT2D eigenvalue weighted by Gasteiger charge is 2.23. The summed E-state index contributed by atoms with van der Waals surface area (Å²) < 4.78 is 4.87. The molecule has 0 radical (unpaired) electrons. The first-order chi connectivity index (χ1) is 10.2. The quantitative estimate of drug-likeness (QED) is 0.291. The molecule has 0 bridgehead atoms. The lowest BCUT2D eigenvalue weighted by molar-refractivity contribution is -0.134. The summed E-state index contributed by atoms with van der Waals surface area (Å²) >= 11 is 1.30. The van der Waals surface area contributed by atoms with Crippen LogP contribution >= 0.6 is 11.3 Å². The Labute approximate surface area is 125 Å². The fourth-order valence-electron chi connectivity index (χ4n) is 1.50. The van der Waals surface area contributed by atoms with Crippen molar-refractivity contribution in [2.45, 2.75) is 6.92 Å². The molecule has 1 N–H and O–H groups in total. The number of esters is 1. The maximum Gasteiger partial charge on any atom is 0.362 e. The fraction of sp³-hybridized carbons (Fsp3) is 0.143. The molecule has 0 unspecified atom stereocenters. The molecule has 2 rings (SSSR count). The molecule has 1 heterocycles. The number of carbonyl (C=O) groups is 2. The Morgan fingerprint density at radius 3 is 2.71 bits per heavy atom. The molecular weight excluding hydrogens is 290 g/mol. The molecule has 1 aromatic heterocycles. The first kappa shape index (κ1) is 14.9. The number of nitrogens with zero attached hydrogens (tertiary/aromatic N) is 2. The van der Waals surface area contributed by atoms with Gasteiger partial charge < -0.3 is 4.74 Å². The Morgan fingerprint density at radius 1 is 1.33 bits per heavy atom. The van der Waals surface area contributed by atoms with E-state index in [0.29, 0.717) is 10.7 Å². The van der Waals surface area contributed by atoms with Crippen molar-refractivity contribution in [3.63, 3.8) is 0 Å². The lowest BCUT2D eigenvalue weighted by Crippen LogP contribution is -2.27. The Hall–Kier alpha value is -2.54. The van der Waals surface area contributed by atoms with Crippen LogP contribution in [0.1, 0.15) is 17.3 Å². The van der Waals surface area contributed by atoms with Gasteiger partial charge in [0.05, 0.1) is 6.61 Å². The summed E-state index contributed by atoms with van der Waals surface area (Å²) in [5.41, 5.74) is 2.65. The number of thiazole rings is 1. The van der Waals surface area contributed by atoms with Gasteiger partial charge in [-0.15, -0.1) is 11.3 Å². The van der Waals surface area contributed by atoms with Gasteiger partial charge in [0.15, 0.2) is 0 Å². The van der Waals surface area contributed by atoms with Crippen LogP contribution in [0.3, 0.4) is 0 Å². The first-order valence-electron chi connectivity index (χ1n) is 6.22. The number of hydrazone groups is 1. The number of rotatable bonds is 6. The van der Waals surface area contributed by atoms with Crippen molar-refractivity contribution < 1.29 is 14.3 Å². The Kier molecular flexibility index (Phi) is 5.16. The van der Waals surface area contributed by atoms with Crippen molar-refractivity contribution >= 4 is 33.9 Å². The van der Waals surface area contributed by atoms with Crippen LogP contribution in [0.25, 0.3) is 0 Å². The van der Waals surface area contributed by atoms with E-state index < -0.39 is 11.8 Å². The molecule has 21 heavy (non-hydrogen) atoms. The smallest absolute Gasteiger partial charge is 0.362 e. The zero-order valence-corrected chi connectivity index (χ0v) is 12.1. The lowest BCUT2D eigenvalue weighted by atomic mass is 10.1. The first-order valence-corrected chi connectivity index (χ1v) is 7.10. The summed E-state index contributed by atoms with van der Waals surface area (Å²) in [6, 6.07) is 8.43. The number of hydrogen-bond donors (Lipinski definition) is 1. The number of ether oxygens (including phenoxy) is 1. The molecule has 7 heteroatoms. The van der Waals surface area contributed by atoms with Gasteiger partial charge in [-0.3, -0.25) is 10.2 Å². The SMILES string of the molecule is CCOC(=O)C(=NNc1nccs1)C(=O)c1ccccc1. The normalized spacial score (nSPS) is 11.0. The number of ketones is 1. The minimum atomic E-state index is -0.768. The van der Waals surface area contributed by atoms with Crippen molar-refractivity contribution in [3.05, 3.63) is 47.5 Å². The van der Waals surface area contributed by atoms with Crippen LogP contribution in [0.15, 0.2) is 47.0 Å². The monoisotopic (exact) mass is 303 g/mol. The minimum Gasteiger partial charge on any atom is -0.461 e. The molecule has 6 nitrogen and oxygen atoms in total. The van der Waals surface area contributed by atoms with E-state index in [0.717, 1.165) is 0 Å². The molecule has 1 aromatic carbocycles. The Morgan fingerprint density at radius 2 is 2.10 bits per heavy atom. The summed E-state index contributed by atoms with van der Waals surface area (Å²) in [6.07, 6.45) is 1.59. The van der Waals surface area contributed by atoms with E-state index in [1.54, 1.807) is 48.8 Å². The molecule has 0 amide bonds. The number of hydrogen-bond acceptors (Lipinski definition) is 7. The summed E-state index contributed by atoms with van der Waals surface area (Å²) in [5, 5.41) is 6.09. The van der Waals surface area contributed by atoms with Gasteiger partial charge in [-0.2, -0.15) is 5.10 Å². The highest BCUT2D eigenvalue weighted by molar-refractivity contribution is 7.13. The van der Waals surface area contributed by atoms with E-state index >= 15 is 0 Å². The van der Waals surface area contributed by atoms with Crippen molar-refractivity contribution in [1.82, 2.24) is 4.98 Å². The second kappa shape index (κ2) is 7.30. The lowest BCUT2D eigenvalue weighted by Gasteiger charge is -2.05.